The molecule has 19 heavy (non-hydrogen) atoms. The SMILES string of the molecule is CCN(C1CCNC1)S(=O)(=O)c1cc(Cl)ccc1Cl. The summed E-state index contributed by atoms with van der Waals surface area (Å²) in [5.74, 6) is 0. The zero-order valence-electron chi connectivity index (χ0n) is 10.6. The van der Waals surface area contributed by atoms with Gasteiger partial charge in [0.15, 0.2) is 0 Å². The summed E-state index contributed by atoms with van der Waals surface area (Å²) in [6, 6.07) is 4.48. The number of nitrogens with one attached hydrogen (secondary N) is 1. The number of hydrogen-bond donors (Lipinski definition) is 1. The molecule has 0 bridgehead atoms. The highest BCUT2D eigenvalue weighted by atomic mass is 35.5. The number of benzene rings is 1. The van der Waals surface area contributed by atoms with E-state index in [0.29, 0.717) is 18.1 Å². The topological polar surface area (TPSA) is 49.4 Å². The van der Waals surface area contributed by atoms with Crippen molar-refractivity contribution in [2.45, 2.75) is 24.3 Å². The van der Waals surface area contributed by atoms with Gasteiger partial charge in [-0.25, -0.2) is 8.42 Å². The summed E-state index contributed by atoms with van der Waals surface area (Å²) in [6.45, 7) is 3.75. The minimum absolute atomic E-state index is 0.0231. The largest absolute Gasteiger partial charge is 0.315 e. The van der Waals surface area contributed by atoms with Crippen molar-refractivity contribution in [3.8, 4) is 0 Å². The molecule has 0 spiro atoms. The maximum absolute atomic E-state index is 12.7. The third-order valence-electron chi connectivity index (χ3n) is 3.23. The van der Waals surface area contributed by atoms with Crippen molar-refractivity contribution in [3.05, 3.63) is 28.2 Å². The van der Waals surface area contributed by atoms with Crippen LogP contribution in [0.25, 0.3) is 0 Å². The van der Waals surface area contributed by atoms with Crippen LogP contribution in [0.3, 0.4) is 0 Å². The second-order valence-electron chi connectivity index (χ2n) is 4.43. The molecule has 0 aromatic heterocycles. The molecule has 1 N–H and O–H groups in total. The average molecular weight is 323 g/mol. The first kappa shape index (κ1) is 15.1. The smallest absolute Gasteiger partial charge is 0.244 e. The van der Waals surface area contributed by atoms with Gasteiger partial charge in [-0.05, 0) is 31.2 Å². The number of rotatable bonds is 4. The van der Waals surface area contributed by atoms with Crippen LogP contribution in [-0.4, -0.2) is 38.4 Å². The Kier molecular flexibility index (Phi) is 4.74. The summed E-state index contributed by atoms with van der Waals surface area (Å²) in [5.41, 5.74) is 0. The summed E-state index contributed by atoms with van der Waals surface area (Å²) in [6.07, 6.45) is 0.811. The quantitative estimate of drug-likeness (QED) is 0.925. The van der Waals surface area contributed by atoms with Crippen molar-refractivity contribution in [1.29, 1.82) is 0 Å². The average Bonchev–Trinajstić information content (AvgIpc) is 2.86. The van der Waals surface area contributed by atoms with Crippen molar-refractivity contribution in [3.63, 3.8) is 0 Å². The van der Waals surface area contributed by atoms with E-state index in [-0.39, 0.29) is 16.0 Å². The Morgan fingerprint density at radius 1 is 1.42 bits per heavy atom. The molecule has 1 unspecified atom stereocenters. The van der Waals surface area contributed by atoms with E-state index in [1.807, 2.05) is 6.92 Å². The molecule has 1 fully saturated rings. The van der Waals surface area contributed by atoms with Crippen LogP contribution in [-0.2, 0) is 10.0 Å². The number of nitrogens with zero attached hydrogens (tertiary/aromatic N) is 1. The standard InChI is InChI=1S/C12H16Cl2N2O2S/c1-2-16(10-5-6-15-8-10)19(17,18)12-7-9(13)3-4-11(12)14/h3-4,7,10,15H,2,5-6,8H2,1H3. The van der Waals surface area contributed by atoms with Gasteiger partial charge in [-0.2, -0.15) is 4.31 Å². The Labute approximate surface area is 123 Å². The highest BCUT2D eigenvalue weighted by Gasteiger charge is 2.33. The Balaban J connectivity index is 2.42. The lowest BCUT2D eigenvalue weighted by molar-refractivity contribution is 0.349. The van der Waals surface area contributed by atoms with Crippen LogP contribution in [0.2, 0.25) is 10.0 Å². The lowest BCUT2D eigenvalue weighted by Gasteiger charge is -2.26. The fraction of sp³-hybridized carbons (Fsp3) is 0.500. The van der Waals surface area contributed by atoms with E-state index in [9.17, 15) is 8.42 Å². The van der Waals surface area contributed by atoms with Gasteiger partial charge in [0.1, 0.15) is 4.90 Å². The van der Waals surface area contributed by atoms with E-state index in [1.54, 1.807) is 6.07 Å². The Bertz CT molecular complexity index is 557. The molecule has 0 radical (unpaired) electrons. The molecule has 106 valence electrons. The van der Waals surface area contributed by atoms with Gasteiger partial charge < -0.3 is 5.32 Å². The van der Waals surface area contributed by atoms with Gasteiger partial charge in [-0.1, -0.05) is 30.1 Å². The molecule has 1 saturated heterocycles. The molecule has 1 aromatic carbocycles. The maximum atomic E-state index is 12.7. The van der Waals surface area contributed by atoms with Gasteiger partial charge in [0.05, 0.1) is 5.02 Å². The van der Waals surface area contributed by atoms with Crippen LogP contribution in [0.4, 0.5) is 0 Å². The molecule has 0 amide bonds. The first-order chi connectivity index (χ1) is 8.96. The molecular weight excluding hydrogens is 307 g/mol. The van der Waals surface area contributed by atoms with Gasteiger partial charge in [0.2, 0.25) is 10.0 Å². The highest BCUT2D eigenvalue weighted by Crippen LogP contribution is 2.29. The number of hydrogen-bond acceptors (Lipinski definition) is 3. The van der Waals surface area contributed by atoms with E-state index in [1.165, 1.54) is 16.4 Å². The predicted molar refractivity (Wildman–Crippen MR) is 77.3 cm³/mol. The van der Waals surface area contributed by atoms with E-state index >= 15 is 0 Å². The molecule has 0 saturated carbocycles. The van der Waals surface area contributed by atoms with E-state index in [2.05, 4.69) is 5.32 Å². The first-order valence-corrected chi connectivity index (χ1v) is 8.34. The van der Waals surface area contributed by atoms with Crippen LogP contribution in [0.15, 0.2) is 23.1 Å². The highest BCUT2D eigenvalue weighted by molar-refractivity contribution is 7.89. The third-order valence-corrected chi connectivity index (χ3v) is 5.98. The monoisotopic (exact) mass is 322 g/mol. The summed E-state index contributed by atoms with van der Waals surface area (Å²) < 4.78 is 26.8. The van der Waals surface area contributed by atoms with Gasteiger partial charge in [0.25, 0.3) is 0 Å². The van der Waals surface area contributed by atoms with E-state index in [0.717, 1.165) is 13.0 Å². The molecule has 0 aliphatic carbocycles. The van der Waals surface area contributed by atoms with Gasteiger partial charge >= 0.3 is 0 Å². The zero-order valence-corrected chi connectivity index (χ0v) is 12.9. The predicted octanol–water partition coefficient (Wildman–Crippen LogP) is 2.37. The minimum Gasteiger partial charge on any atom is -0.315 e. The second-order valence-corrected chi connectivity index (χ2v) is 7.13. The molecule has 2 rings (SSSR count). The fourth-order valence-corrected chi connectivity index (χ4v) is 4.71. The van der Waals surface area contributed by atoms with E-state index < -0.39 is 10.0 Å². The van der Waals surface area contributed by atoms with Crippen LogP contribution >= 0.6 is 23.2 Å². The molecule has 1 heterocycles. The van der Waals surface area contributed by atoms with Crippen molar-refractivity contribution >= 4 is 33.2 Å². The third kappa shape index (κ3) is 3.06. The zero-order chi connectivity index (χ0) is 14.0. The van der Waals surface area contributed by atoms with Gasteiger partial charge in [0, 0.05) is 24.2 Å². The van der Waals surface area contributed by atoms with Crippen LogP contribution in [0, 0.1) is 0 Å². The van der Waals surface area contributed by atoms with Crippen LogP contribution < -0.4 is 5.32 Å². The number of sulfonamides is 1. The normalized spacial score (nSPS) is 20.1. The molecule has 1 aliphatic heterocycles. The summed E-state index contributed by atoms with van der Waals surface area (Å²) in [4.78, 5) is 0.0791. The van der Waals surface area contributed by atoms with Gasteiger partial charge in [-0.3, -0.25) is 0 Å². The summed E-state index contributed by atoms with van der Waals surface area (Å²) in [7, 11) is -3.61. The Hall–Kier alpha value is -0.330. The van der Waals surface area contributed by atoms with E-state index in [4.69, 9.17) is 23.2 Å². The number of halogens is 2. The van der Waals surface area contributed by atoms with Crippen molar-refractivity contribution in [2.24, 2.45) is 0 Å². The molecule has 7 heteroatoms. The fourth-order valence-electron chi connectivity index (χ4n) is 2.31. The number of likely N-dealkylation sites (N-methyl/N-ethyl adjacent to an activating group) is 1. The molecule has 1 aromatic rings. The first-order valence-electron chi connectivity index (χ1n) is 6.14. The maximum Gasteiger partial charge on any atom is 0.244 e. The molecular formula is C12H16Cl2N2O2S. The summed E-state index contributed by atoms with van der Waals surface area (Å²) >= 11 is 11.9. The lowest BCUT2D eigenvalue weighted by Crippen LogP contribution is -2.41. The van der Waals surface area contributed by atoms with Crippen LogP contribution in [0.1, 0.15) is 13.3 Å². The van der Waals surface area contributed by atoms with Crippen LogP contribution in [0.5, 0.6) is 0 Å². The minimum atomic E-state index is -3.61. The molecule has 1 aliphatic rings. The van der Waals surface area contributed by atoms with Crippen molar-refractivity contribution in [2.75, 3.05) is 19.6 Å². The van der Waals surface area contributed by atoms with Crippen molar-refractivity contribution in [1.82, 2.24) is 9.62 Å². The second kappa shape index (κ2) is 5.97. The Morgan fingerprint density at radius 2 is 2.16 bits per heavy atom. The lowest BCUT2D eigenvalue weighted by atomic mass is 10.3. The molecule has 4 nitrogen and oxygen atoms in total. The van der Waals surface area contributed by atoms with Crippen molar-refractivity contribution < 1.29 is 8.42 Å². The summed E-state index contributed by atoms with van der Waals surface area (Å²) in [5, 5.41) is 3.74. The van der Waals surface area contributed by atoms with Gasteiger partial charge in [-0.15, -0.1) is 0 Å². The molecule has 1 atom stereocenters. The Morgan fingerprint density at radius 3 is 2.74 bits per heavy atom.